The Morgan fingerprint density at radius 3 is 2.95 bits per heavy atom. The van der Waals surface area contributed by atoms with Crippen LogP contribution in [0.1, 0.15) is 36.5 Å². The van der Waals surface area contributed by atoms with Gasteiger partial charge in [0, 0.05) is 12.2 Å². The molecule has 1 aliphatic rings. The van der Waals surface area contributed by atoms with Crippen LogP contribution in [0, 0.1) is 0 Å². The minimum atomic E-state index is -0.441. The first kappa shape index (κ1) is 15.9. The van der Waals surface area contributed by atoms with Gasteiger partial charge in [0.1, 0.15) is 0 Å². The average molecular weight is 313 g/mol. The fraction of sp³-hybridized carbons (Fsp3) is 0.533. The normalized spacial score (nSPS) is 18.6. The minimum absolute atomic E-state index is 0.0307. The van der Waals surface area contributed by atoms with E-state index in [4.69, 9.17) is 22.1 Å². The highest BCUT2D eigenvalue weighted by Gasteiger charge is 2.28. The number of piperidine rings is 1. The van der Waals surface area contributed by atoms with E-state index in [0.717, 1.165) is 25.8 Å². The number of benzene rings is 1. The maximum Gasteiger partial charge on any atom is 0.340 e. The molecule has 3 N–H and O–H groups in total. The number of hydrogen-bond donors (Lipinski definition) is 2. The van der Waals surface area contributed by atoms with Crippen LogP contribution < -0.4 is 10.6 Å². The zero-order valence-electron chi connectivity index (χ0n) is 12.1. The smallest absolute Gasteiger partial charge is 0.340 e. The second-order valence-electron chi connectivity index (χ2n) is 5.14. The van der Waals surface area contributed by atoms with E-state index < -0.39 is 5.97 Å². The average Bonchev–Trinajstić information content (AvgIpc) is 2.47. The van der Waals surface area contributed by atoms with E-state index in [1.54, 1.807) is 19.1 Å². The van der Waals surface area contributed by atoms with E-state index in [0.29, 0.717) is 22.0 Å². The van der Waals surface area contributed by atoms with Gasteiger partial charge >= 0.3 is 5.97 Å². The summed E-state index contributed by atoms with van der Waals surface area (Å²) in [6, 6.07) is 3.18. The summed E-state index contributed by atoms with van der Waals surface area (Å²) in [7, 11) is 0. The van der Waals surface area contributed by atoms with Gasteiger partial charge in [-0.05, 0) is 38.3 Å². The summed E-state index contributed by atoms with van der Waals surface area (Å²) in [5.41, 5.74) is 7.20. The molecule has 1 aromatic carbocycles. The summed E-state index contributed by atoms with van der Waals surface area (Å²) in [6.07, 6.45) is 2.93. The van der Waals surface area contributed by atoms with E-state index in [-0.39, 0.29) is 19.3 Å². The van der Waals surface area contributed by atoms with Gasteiger partial charge in [-0.1, -0.05) is 11.6 Å². The van der Waals surface area contributed by atoms with Gasteiger partial charge in [-0.15, -0.1) is 0 Å². The van der Waals surface area contributed by atoms with Crippen LogP contribution in [0.25, 0.3) is 0 Å². The van der Waals surface area contributed by atoms with Crippen LogP contribution in [0.15, 0.2) is 12.1 Å². The number of carbonyl (C=O) groups is 1. The molecule has 1 unspecified atom stereocenters. The zero-order chi connectivity index (χ0) is 15.4. The molecule has 1 saturated heterocycles. The number of aliphatic hydroxyl groups is 1. The number of ether oxygens (including phenoxy) is 1. The van der Waals surface area contributed by atoms with Gasteiger partial charge in [-0.2, -0.15) is 0 Å². The number of aliphatic hydroxyl groups excluding tert-OH is 1. The fourth-order valence-corrected chi connectivity index (χ4v) is 3.10. The summed E-state index contributed by atoms with van der Waals surface area (Å²) >= 11 is 6.32. The number of anilines is 2. The predicted molar refractivity (Wildman–Crippen MR) is 83.9 cm³/mol. The highest BCUT2D eigenvalue weighted by molar-refractivity contribution is 6.34. The Balaban J connectivity index is 2.47. The molecule has 2 rings (SSSR count). The summed E-state index contributed by atoms with van der Waals surface area (Å²) in [5.74, 6) is -0.441. The largest absolute Gasteiger partial charge is 0.462 e. The Hall–Kier alpha value is -1.46. The Bertz CT molecular complexity index is 522. The monoisotopic (exact) mass is 312 g/mol. The summed E-state index contributed by atoms with van der Waals surface area (Å²) < 4.78 is 5.10. The van der Waals surface area contributed by atoms with Crippen molar-refractivity contribution in [1.29, 1.82) is 0 Å². The topological polar surface area (TPSA) is 75.8 Å². The first-order valence-corrected chi connectivity index (χ1v) is 7.60. The van der Waals surface area contributed by atoms with Crippen molar-refractivity contribution in [2.24, 2.45) is 0 Å². The summed E-state index contributed by atoms with van der Waals surface area (Å²) in [6.45, 7) is 2.82. The molecule has 5 nitrogen and oxygen atoms in total. The standard InChI is InChI=1S/C15H21ClN2O3/c1-2-21-15(20)12-7-10(17)8-13(16)14(12)18-6-4-3-5-11(18)9-19/h7-8,11,19H,2-6,9,17H2,1H3. The van der Waals surface area contributed by atoms with E-state index in [1.165, 1.54) is 0 Å². The maximum atomic E-state index is 12.2. The fourth-order valence-electron chi connectivity index (χ4n) is 2.76. The highest BCUT2D eigenvalue weighted by Crippen LogP contribution is 2.36. The quantitative estimate of drug-likeness (QED) is 0.660. The Morgan fingerprint density at radius 1 is 1.52 bits per heavy atom. The van der Waals surface area contributed by atoms with Crippen molar-refractivity contribution in [3.63, 3.8) is 0 Å². The third kappa shape index (κ3) is 3.41. The Kier molecular flexibility index (Phi) is 5.31. The van der Waals surface area contributed by atoms with Crippen LogP contribution in [0.3, 0.4) is 0 Å². The van der Waals surface area contributed by atoms with Crippen LogP contribution in [-0.2, 0) is 4.74 Å². The zero-order valence-corrected chi connectivity index (χ0v) is 12.9. The van der Waals surface area contributed by atoms with Crippen molar-refractivity contribution >= 4 is 28.9 Å². The second-order valence-corrected chi connectivity index (χ2v) is 5.55. The SMILES string of the molecule is CCOC(=O)c1cc(N)cc(Cl)c1N1CCCCC1CO. The molecule has 0 amide bonds. The minimum Gasteiger partial charge on any atom is -0.462 e. The molecule has 21 heavy (non-hydrogen) atoms. The van der Waals surface area contributed by atoms with Crippen LogP contribution in [0.4, 0.5) is 11.4 Å². The molecule has 0 radical (unpaired) electrons. The van der Waals surface area contributed by atoms with E-state index in [2.05, 4.69) is 0 Å². The predicted octanol–water partition coefficient (Wildman–Crippen LogP) is 2.45. The summed E-state index contributed by atoms with van der Waals surface area (Å²) in [4.78, 5) is 14.2. The Morgan fingerprint density at radius 2 is 2.29 bits per heavy atom. The van der Waals surface area contributed by atoms with Crippen molar-refractivity contribution in [3.8, 4) is 0 Å². The summed E-state index contributed by atoms with van der Waals surface area (Å²) in [5, 5.41) is 9.99. The van der Waals surface area contributed by atoms with Gasteiger partial charge in [0.15, 0.2) is 0 Å². The van der Waals surface area contributed by atoms with Crippen LogP contribution in [0.2, 0.25) is 5.02 Å². The van der Waals surface area contributed by atoms with Crippen molar-refractivity contribution in [1.82, 2.24) is 0 Å². The maximum absolute atomic E-state index is 12.2. The highest BCUT2D eigenvalue weighted by atomic mass is 35.5. The van der Waals surface area contributed by atoms with E-state index in [1.807, 2.05) is 4.90 Å². The molecule has 1 fully saturated rings. The van der Waals surface area contributed by atoms with Gasteiger partial charge < -0.3 is 20.5 Å². The van der Waals surface area contributed by atoms with E-state index in [9.17, 15) is 9.90 Å². The third-order valence-corrected chi connectivity index (χ3v) is 3.99. The molecule has 116 valence electrons. The number of hydrogen-bond acceptors (Lipinski definition) is 5. The van der Waals surface area contributed by atoms with Crippen molar-refractivity contribution in [2.75, 3.05) is 30.4 Å². The first-order chi connectivity index (χ1) is 10.1. The van der Waals surface area contributed by atoms with Crippen molar-refractivity contribution in [2.45, 2.75) is 32.2 Å². The molecule has 1 heterocycles. The van der Waals surface area contributed by atoms with Crippen LogP contribution in [-0.4, -0.2) is 36.9 Å². The number of nitrogen functional groups attached to an aromatic ring is 1. The lowest BCUT2D eigenvalue weighted by molar-refractivity contribution is 0.0526. The lowest BCUT2D eigenvalue weighted by atomic mass is 10.00. The molecular weight excluding hydrogens is 292 g/mol. The van der Waals surface area contributed by atoms with Crippen LogP contribution in [0.5, 0.6) is 0 Å². The first-order valence-electron chi connectivity index (χ1n) is 7.22. The van der Waals surface area contributed by atoms with Crippen molar-refractivity contribution in [3.05, 3.63) is 22.7 Å². The van der Waals surface area contributed by atoms with Gasteiger partial charge in [-0.25, -0.2) is 4.79 Å². The molecule has 0 aliphatic carbocycles. The number of nitrogens with two attached hydrogens (primary N) is 1. The molecule has 6 heteroatoms. The molecule has 0 saturated carbocycles. The van der Waals surface area contributed by atoms with Gasteiger partial charge in [0.25, 0.3) is 0 Å². The third-order valence-electron chi connectivity index (χ3n) is 3.71. The number of nitrogens with zero attached hydrogens (tertiary/aromatic N) is 1. The number of halogens is 1. The van der Waals surface area contributed by atoms with E-state index >= 15 is 0 Å². The second kappa shape index (κ2) is 7.00. The molecule has 1 aromatic rings. The number of esters is 1. The Labute approximate surface area is 129 Å². The molecule has 0 spiro atoms. The van der Waals surface area contributed by atoms with Gasteiger partial charge in [0.2, 0.25) is 0 Å². The molecular formula is C15H21ClN2O3. The molecule has 0 aromatic heterocycles. The molecule has 1 atom stereocenters. The lowest BCUT2D eigenvalue weighted by Gasteiger charge is -2.38. The molecule has 0 bridgehead atoms. The molecule has 1 aliphatic heterocycles. The van der Waals surface area contributed by atoms with Gasteiger partial charge in [-0.3, -0.25) is 0 Å². The number of rotatable bonds is 4. The lowest BCUT2D eigenvalue weighted by Crippen LogP contribution is -2.42. The van der Waals surface area contributed by atoms with Crippen LogP contribution >= 0.6 is 11.6 Å². The van der Waals surface area contributed by atoms with Gasteiger partial charge in [0.05, 0.1) is 35.5 Å². The number of carbonyl (C=O) groups excluding carboxylic acids is 1. The van der Waals surface area contributed by atoms with Crippen molar-refractivity contribution < 1.29 is 14.6 Å².